The number of carbonyl (C=O) groups is 1. The van der Waals surface area contributed by atoms with E-state index in [-0.39, 0.29) is 24.4 Å². The lowest BCUT2D eigenvalue weighted by Gasteiger charge is -2.23. The molecule has 1 aromatic rings. The van der Waals surface area contributed by atoms with Crippen LogP contribution in [0.3, 0.4) is 0 Å². The van der Waals surface area contributed by atoms with Crippen molar-refractivity contribution in [3.63, 3.8) is 0 Å². The molecule has 1 aliphatic rings. The van der Waals surface area contributed by atoms with E-state index < -0.39 is 0 Å². The first-order valence-electron chi connectivity index (χ1n) is 6.56. The van der Waals surface area contributed by atoms with Gasteiger partial charge in [0.25, 0.3) is 0 Å². The van der Waals surface area contributed by atoms with E-state index in [4.69, 9.17) is 14.2 Å². The van der Waals surface area contributed by atoms with Gasteiger partial charge in [0.15, 0.2) is 0 Å². The normalized spacial score (nSPS) is 17.5. The van der Waals surface area contributed by atoms with E-state index in [1.807, 2.05) is 0 Å². The molecule has 1 aliphatic heterocycles. The largest absolute Gasteiger partial charge is 0.497 e. The van der Waals surface area contributed by atoms with Gasteiger partial charge in [0, 0.05) is 25.1 Å². The number of methoxy groups -OCH3 is 2. The minimum atomic E-state index is -0.0727. The Bertz CT molecular complexity index is 464. The third-order valence-electron chi connectivity index (χ3n) is 3.11. The van der Waals surface area contributed by atoms with Crippen LogP contribution in [0.15, 0.2) is 18.2 Å². The summed E-state index contributed by atoms with van der Waals surface area (Å²) in [4.78, 5) is 12.0. The van der Waals surface area contributed by atoms with Crippen LogP contribution in [0.25, 0.3) is 0 Å². The third-order valence-corrected chi connectivity index (χ3v) is 3.11. The lowest BCUT2D eigenvalue weighted by Crippen LogP contribution is -2.43. The average molecular weight is 317 g/mol. The molecule has 1 amide bonds. The van der Waals surface area contributed by atoms with E-state index in [0.29, 0.717) is 36.8 Å². The molecule has 2 rings (SSSR count). The number of rotatable bonds is 5. The maximum Gasteiger partial charge on any atom is 0.226 e. The molecule has 7 heteroatoms. The molecule has 118 valence electrons. The number of hydrogen-bond donors (Lipinski definition) is 2. The minimum Gasteiger partial charge on any atom is -0.497 e. The van der Waals surface area contributed by atoms with Gasteiger partial charge < -0.3 is 24.8 Å². The zero-order chi connectivity index (χ0) is 14.4. The number of anilines is 1. The van der Waals surface area contributed by atoms with Gasteiger partial charge in [-0.05, 0) is 12.1 Å². The highest BCUT2D eigenvalue weighted by Gasteiger charge is 2.17. The molecule has 1 unspecified atom stereocenters. The van der Waals surface area contributed by atoms with Crippen molar-refractivity contribution in [1.82, 2.24) is 5.32 Å². The molecule has 1 aromatic carbocycles. The SMILES string of the molecule is COc1ccc(NC(=O)CC2COCCN2)c(OC)c1.Cl. The van der Waals surface area contributed by atoms with Gasteiger partial charge in [-0.2, -0.15) is 0 Å². The zero-order valence-corrected chi connectivity index (χ0v) is 13.0. The van der Waals surface area contributed by atoms with Gasteiger partial charge in [0.05, 0.1) is 33.1 Å². The van der Waals surface area contributed by atoms with E-state index in [2.05, 4.69) is 10.6 Å². The highest BCUT2D eigenvalue weighted by atomic mass is 35.5. The second-order valence-corrected chi connectivity index (χ2v) is 4.54. The molecule has 21 heavy (non-hydrogen) atoms. The third kappa shape index (κ3) is 5.08. The molecule has 2 N–H and O–H groups in total. The summed E-state index contributed by atoms with van der Waals surface area (Å²) < 4.78 is 15.7. The van der Waals surface area contributed by atoms with Gasteiger partial charge in [-0.1, -0.05) is 0 Å². The van der Waals surface area contributed by atoms with Crippen LogP contribution < -0.4 is 20.1 Å². The van der Waals surface area contributed by atoms with Crippen molar-refractivity contribution >= 4 is 24.0 Å². The Kier molecular flexibility index (Phi) is 7.28. The van der Waals surface area contributed by atoms with Crippen molar-refractivity contribution in [3.8, 4) is 11.5 Å². The van der Waals surface area contributed by atoms with Crippen LogP contribution in [0, 0.1) is 0 Å². The molecule has 1 fully saturated rings. The Morgan fingerprint density at radius 2 is 2.24 bits per heavy atom. The monoisotopic (exact) mass is 316 g/mol. The number of carbonyl (C=O) groups excluding carboxylic acids is 1. The first-order chi connectivity index (χ1) is 9.72. The Hall–Kier alpha value is -1.50. The number of benzene rings is 1. The van der Waals surface area contributed by atoms with E-state index >= 15 is 0 Å². The predicted molar refractivity (Wildman–Crippen MR) is 82.7 cm³/mol. The van der Waals surface area contributed by atoms with Crippen LogP contribution in [0.5, 0.6) is 11.5 Å². The summed E-state index contributed by atoms with van der Waals surface area (Å²) in [5.41, 5.74) is 0.634. The van der Waals surface area contributed by atoms with Crippen LogP contribution in [-0.2, 0) is 9.53 Å². The molecule has 0 radical (unpaired) electrons. The molecule has 1 saturated heterocycles. The van der Waals surface area contributed by atoms with E-state index in [1.54, 1.807) is 32.4 Å². The first-order valence-corrected chi connectivity index (χ1v) is 6.56. The standard InChI is InChI=1S/C14H20N2O4.ClH/c1-18-11-3-4-12(13(8-11)19-2)16-14(17)7-10-9-20-6-5-15-10;/h3-4,8,10,15H,5-7,9H2,1-2H3,(H,16,17);1H. The summed E-state index contributed by atoms with van der Waals surface area (Å²) in [6, 6.07) is 5.34. The predicted octanol–water partition coefficient (Wildman–Crippen LogP) is 1.44. The van der Waals surface area contributed by atoms with E-state index in [1.165, 1.54) is 0 Å². The Morgan fingerprint density at radius 1 is 1.43 bits per heavy atom. The topological polar surface area (TPSA) is 68.8 Å². The number of morpholine rings is 1. The van der Waals surface area contributed by atoms with Crippen LogP contribution >= 0.6 is 12.4 Å². The summed E-state index contributed by atoms with van der Waals surface area (Å²) in [6.45, 7) is 2.04. The highest BCUT2D eigenvalue weighted by Crippen LogP contribution is 2.29. The number of amides is 1. The van der Waals surface area contributed by atoms with Crippen molar-refractivity contribution in [3.05, 3.63) is 18.2 Å². The fourth-order valence-electron chi connectivity index (χ4n) is 2.08. The maximum absolute atomic E-state index is 12.0. The van der Waals surface area contributed by atoms with Crippen LogP contribution in [0.1, 0.15) is 6.42 Å². The summed E-state index contributed by atoms with van der Waals surface area (Å²) in [5, 5.41) is 6.09. The van der Waals surface area contributed by atoms with Crippen molar-refractivity contribution < 1.29 is 19.0 Å². The van der Waals surface area contributed by atoms with Crippen molar-refractivity contribution in [2.45, 2.75) is 12.5 Å². The van der Waals surface area contributed by atoms with Gasteiger partial charge in [-0.15, -0.1) is 12.4 Å². The minimum absolute atomic E-state index is 0. The Balaban J connectivity index is 0.00000220. The zero-order valence-electron chi connectivity index (χ0n) is 12.2. The van der Waals surface area contributed by atoms with E-state index in [0.717, 1.165) is 6.54 Å². The molecule has 1 atom stereocenters. The lowest BCUT2D eigenvalue weighted by molar-refractivity contribution is -0.117. The fraction of sp³-hybridized carbons (Fsp3) is 0.500. The lowest BCUT2D eigenvalue weighted by atomic mass is 10.2. The second-order valence-electron chi connectivity index (χ2n) is 4.54. The molecule has 0 aromatic heterocycles. The molecular weight excluding hydrogens is 296 g/mol. The molecule has 0 saturated carbocycles. The van der Waals surface area contributed by atoms with Gasteiger partial charge in [0.2, 0.25) is 5.91 Å². The highest BCUT2D eigenvalue weighted by molar-refractivity contribution is 5.92. The fourth-order valence-corrected chi connectivity index (χ4v) is 2.08. The average Bonchev–Trinajstić information content (AvgIpc) is 2.48. The van der Waals surface area contributed by atoms with E-state index in [9.17, 15) is 4.79 Å². The summed E-state index contributed by atoms with van der Waals surface area (Å²) >= 11 is 0. The number of hydrogen-bond acceptors (Lipinski definition) is 5. The van der Waals surface area contributed by atoms with Gasteiger partial charge in [0.1, 0.15) is 11.5 Å². The Morgan fingerprint density at radius 3 is 2.86 bits per heavy atom. The molecular formula is C14H21ClN2O4. The molecule has 0 bridgehead atoms. The van der Waals surface area contributed by atoms with Gasteiger partial charge in [-0.25, -0.2) is 0 Å². The number of halogens is 1. The summed E-state index contributed by atoms with van der Waals surface area (Å²) in [5.74, 6) is 1.18. The first kappa shape index (κ1) is 17.6. The Labute approximate surface area is 130 Å². The van der Waals surface area contributed by atoms with Crippen LogP contribution in [0.4, 0.5) is 5.69 Å². The number of ether oxygens (including phenoxy) is 3. The molecule has 1 heterocycles. The summed E-state index contributed by atoms with van der Waals surface area (Å²) in [6.07, 6.45) is 0.370. The number of nitrogens with one attached hydrogen (secondary N) is 2. The van der Waals surface area contributed by atoms with Crippen molar-refractivity contribution in [1.29, 1.82) is 0 Å². The molecule has 6 nitrogen and oxygen atoms in total. The summed E-state index contributed by atoms with van der Waals surface area (Å²) in [7, 11) is 3.14. The van der Waals surface area contributed by atoms with Gasteiger partial charge in [-0.3, -0.25) is 4.79 Å². The quantitative estimate of drug-likeness (QED) is 0.860. The van der Waals surface area contributed by atoms with Gasteiger partial charge >= 0.3 is 0 Å². The van der Waals surface area contributed by atoms with Crippen molar-refractivity contribution in [2.24, 2.45) is 0 Å². The smallest absolute Gasteiger partial charge is 0.226 e. The second kappa shape index (κ2) is 8.71. The molecule has 0 spiro atoms. The van der Waals surface area contributed by atoms with Crippen molar-refractivity contribution in [2.75, 3.05) is 39.3 Å². The van der Waals surface area contributed by atoms with Crippen LogP contribution in [-0.4, -0.2) is 45.9 Å². The maximum atomic E-state index is 12.0. The van der Waals surface area contributed by atoms with Crippen LogP contribution in [0.2, 0.25) is 0 Å². The molecule has 0 aliphatic carbocycles.